The molecule has 2 heterocycles. The lowest BCUT2D eigenvalue weighted by Crippen LogP contribution is -2.55. The molecule has 0 spiro atoms. The van der Waals surface area contributed by atoms with Gasteiger partial charge in [0.15, 0.2) is 12.3 Å². The van der Waals surface area contributed by atoms with Gasteiger partial charge in [0, 0.05) is 12.8 Å². The number of carbonyl (C=O) groups is 1. The van der Waals surface area contributed by atoms with Crippen LogP contribution < -0.4 is 19.8 Å². The van der Waals surface area contributed by atoms with Crippen molar-refractivity contribution in [1.82, 2.24) is 20.6 Å². The van der Waals surface area contributed by atoms with Crippen molar-refractivity contribution in [1.29, 1.82) is 0 Å². The highest BCUT2D eigenvalue weighted by molar-refractivity contribution is 5.73. The standard InChI is InChI=1S/C13H20N6O/c1-3-11(18-7-5-14-9-18)16-13(20)17-12(4-2)19-8-6-15-10-19/h5-12H,3-4H2,1-2H3,(H2,16,17,20)/p+2. The fraction of sp³-hybridized carbons (Fsp3) is 0.462. The molecule has 0 aliphatic heterocycles. The van der Waals surface area contributed by atoms with Gasteiger partial charge in [0.05, 0.1) is 0 Å². The van der Waals surface area contributed by atoms with Gasteiger partial charge in [0.2, 0.25) is 12.7 Å². The minimum atomic E-state index is -0.175. The van der Waals surface area contributed by atoms with Gasteiger partial charge in [-0.15, -0.1) is 0 Å². The zero-order valence-corrected chi connectivity index (χ0v) is 11.8. The zero-order chi connectivity index (χ0) is 14.4. The summed E-state index contributed by atoms with van der Waals surface area (Å²) in [6.07, 6.45) is 12.6. The highest BCUT2D eigenvalue weighted by atomic mass is 16.2. The van der Waals surface area contributed by atoms with E-state index >= 15 is 0 Å². The van der Waals surface area contributed by atoms with E-state index in [9.17, 15) is 4.79 Å². The van der Waals surface area contributed by atoms with Crippen LogP contribution in [0, 0.1) is 0 Å². The Bertz CT molecular complexity index is 461. The molecule has 0 radical (unpaired) electrons. The maximum atomic E-state index is 12.1. The predicted molar refractivity (Wildman–Crippen MR) is 72.3 cm³/mol. The highest BCUT2D eigenvalue weighted by Crippen LogP contribution is 1.99. The SMILES string of the molecule is CCC(NC(=O)NC(CC)[n+]1cc[nH]c1)[n+]1cc[nH]c1. The number of carbonyl (C=O) groups excluding carboxylic acids is 1. The molecule has 0 aliphatic rings. The third-order valence-corrected chi connectivity index (χ3v) is 3.22. The Morgan fingerprint density at radius 3 is 1.75 bits per heavy atom. The van der Waals surface area contributed by atoms with Crippen molar-refractivity contribution in [2.75, 3.05) is 0 Å². The van der Waals surface area contributed by atoms with Gasteiger partial charge in [-0.25, -0.2) is 13.9 Å². The summed E-state index contributed by atoms with van der Waals surface area (Å²) in [5.74, 6) is 0. The molecule has 0 aromatic carbocycles. The van der Waals surface area contributed by atoms with Crippen molar-refractivity contribution in [3.63, 3.8) is 0 Å². The van der Waals surface area contributed by atoms with E-state index in [1.165, 1.54) is 0 Å². The average Bonchev–Trinajstić information content (AvgIpc) is 3.14. The fourth-order valence-corrected chi connectivity index (χ4v) is 2.11. The van der Waals surface area contributed by atoms with Crippen LogP contribution in [0.4, 0.5) is 4.79 Å². The third-order valence-electron chi connectivity index (χ3n) is 3.22. The Balaban J connectivity index is 1.94. The zero-order valence-electron chi connectivity index (χ0n) is 11.8. The van der Waals surface area contributed by atoms with Gasteiger partial charge in [-0.3, -0.25) is 20.6 Å². The van der Waals surface area contributed by atoms with Crippen LogP contribution in [0.25, 0.3) is 0 Å². The molecule has 20 heavy (non-hydrogen) atoms. The summed E-state index contributed by atoms with van der Waals surface area (Å²) < 4.78 is 3.87. The maximum absolute atomic E-state index is 12.1. The molecule has 2 unspecified atom stereocenters. The van der Waals surface area contributed by atoms with Gasteiger partial charge >= 0.3 is 6.03 Å². The molecule has 2 amide bonds. The number of hydrogen-bond acceptors (Lipinski definition) is 1. The van der Waals surface area contributed by atoms with Crippen LogP contribution in [-0.2, 0) is 0 Å². The summed E-state index contributed by atoms with van der Waals surface area (Å²) in [5, 5.41) is 5.93. The lowest BCUT2D eigenvalue weighted by Gasteiger charge is -2.17. The molecule has 0 aliphatic carbocycles. The molecular formula is C13H22N6O+2. The van der Waals surface area contributed by atoms with E-state index in [1.54, 1.807) is 0 Å². The minimum Gasteiger partial charge on any atom is -0.299 e. The molecule has 2 rings (SSSR count). The Kier molecular flexibility index (Phi) is 4.75. The van der Waals surface area contributed by atoms with E-state index in [1.807, 2.05) is 60.4 Å². The molecule has 0 saturated carbocycles. The van der Waals surface area contributed by atoms with Crippen LogP contribution in [0.1, 0.15) is 39.0 Å². The van der Waals surface area contributed by atoms with Crippen LogP contribution in [0.15, 0.2) is 37.4 Å². The quantitative estimate of drug-likeness (QED) is 0.578. The number of amides is 2. The fourth-order valence-electron chi connectivity index (χ4n) is 2.11. The largest absolute Gasteiger partial charge is 0.321 e. The molecule has 2 aromatic heterocycles. The number of aromatic amines is 2. The first-order valence-corrected chi connectivity index (χ1v) is 6.88. The summed E-state index contributed by atoms with van der Waals surface area (Å²) in [6.45, 7) is 4.06. The van der Waals surface area contributed by atoms with Crippen molar-refractivity contribution in [2.24, 2.45) is 0 Å². The van der Waals surface area contributed by atoms with Gasteiger partial charge in [-0.2, -0.15) is 0 Å². The molecule has 108 valence electrons. The number of rotatable bonds is 6. The summed E-state index contributed by atoms with van der Waals surface area (Å²) in [4.78, 5) is 18.1. The third kappa shape index (κ3) is 3.37. The molecule has 7 heteroatoms. The van der Waals surface area contributed by atoms with Crippen molar-refractivity contribution >= 4 is 6.03 Å². The number of H-pyrrole nitrogens is 2. The van der Waals surface area contributed by atoms with Crippen molar-refractivity contribution < 1.29 is 13.9 Å². The second-order valence-corrected chi connectivity index (χ2v) is 4.58. The second-order valence-electron chi connectivity index (χ2n) is 4.58. The summed E-state index contributed by atoms with van der Waals surface area (Å²) in [5.41, 5.74) is 0. The van der Waals surface area contributed by atoms with E-state index in [2.05, 4.69) is 20.6 Å². The number of nitrogens with one attached hydrogen (secondary N) is 4. The van der Waals surface area contributed by atoms with E-state index in [0.29, 0.717) is 0 Å². The number of nitrogens with zero attached hydrogens (tertiary/aromatic N) is 2. The molecule has 0 saturated heterocycles. The number of hydrogen-bond donors (Lipinski definition) is 4. The van der Waals surface area contributed by atoms with E-state index in [-0.39, 0.29) is 18.4 Å². The summed E-state index contributed by atoms with van der Waals surface area (Å²) >= 11 is 0. The smallest absolute Gasteiger partial charge is 0.299 e. The van der Waals surface area contributed by atoms with Gasteiger partial charge in [0.1, 0.15) is 24.8 Å². The van der Waals surface area contributed by atoms with Crippen LogP contribution in [0.2, 0.25) is 0 Å². The first-order chi connectivity index (χ1) is 9.74. The second kappa shape index (κ2) is 6.74. The predicted octanol–water partition coefficient (Wildman–Crippen LogP) is 0.734. The van der Waals surface area contributed by atoms with Crippen molar-refractivity contribution in [3.05, 3.63) is 37.4 Å². The maximum Gasteiger partial charge on any atom is 0.321 e. The molecule has 0 bridgehead atoms. The Morgan fingerprint density at radius 1 is 1.00 bits per heavy atom. The van der Waals surface area contributed by atoms with Gasteiger partial charge < -0.3 is 0 Å². The molecule has 2 atom stereocenters. The first-order valence-electron chi connectivity index (χ1n) is 6.88. The van der Waals surface area contributed by atoms with E-state index in [0.717, 1.165) is 12.8 Å². The normalized spacial score (nSPS) is 13.7. The summed E-state index contributed by atoms with van der Waals surface area (Å²) in [7, 11) is 0. The van der Waals surface area contributed by atoms with Crippen molar-refractivity contribution in [2.45, 2.75) is 39.0 Å². The Hall–Kier alpha value is -2.31. The van der Waals surface area contributed by atoms with Gasteiger partial charge in [-0.05, 0) is 0 Å². The Labute approximate surface area is 118 Å². The first kappa shape index (κ1) is 14.1. The minimum absolute atomic E-state index is 0.0602. The van der Waals surface area contributed by atoms with Crippen LogP contribution in [0.5, 0.6) is 0 Å². The lowest BCUT2D eigenvalue weighted by molar-refractivity contribution is -0.728. The number of aromatic nitrogens is 4. The topological polar surface area (TPSA) is 80.5 Å². The van der Waals surface area contributed by atoms with Crippen molar-refractivity contribution in [3.8, 4) is 0 Å². The van der Waals surface area contributed by atoms with Crippen LogP contribution >= 0.6 is 0 Å². The molecule has 0 fully saturated rings. The number of urea groups is 1. The van der Waals surface area contributed by atoms with E-state index in [4.69, 9.17) is 0 Å². The van der Waals surface area contributed by atoms with E-state index < -0.39 is 0 Å². The molecule has 4 N–H and O–H groups in total. The molecule has 2 aromatic rings. The Morgan fingerprint density at radius 2 is 1.45 bits per heavy atom. The van der Waals surface area contributed by atoms with Gasteiger partial charge in [-0.1, -0.05) is 13.8 Å². The lowest BCUT2D eigenvalue weighted by atomic mass is 10.3. The average molecular weight is 278 g/mol. The molecular weight excluding hydrogens is 256 g/mol. The highest BCUT2D eigenvalue weighted by Gasteiger charge is 2.20. The summed E-state index contributed by atoms with van der Waals surface area (Å²) in [6, 6.07) is -0.175. The van der Waals surface area contributed by atoms with Crippen LogP contribution in [-0.4, -0.2) is 16.0 Å². The number of imidazole rings is 2. The molecule has 7 nitrogen and oxygen atoms in total. The van der Waals surface area contributed by atoms with Crippen LogP contribution in [0.3, 0.4) is 0 Å². The van der Waals surface area contributed by atoms with Gasteiger partial charge in [0.25, 0.3) is 0 Å². The monoisotopic (exact) mass is 278 g/mol.